The standard InChI is InChI=1S/C18H21N3O2.C2HF3O2/c22-18(20-9-14-4-2-6-23-14)7-15-16-11-21(12-17(15)16)10-13-3-1-5-19-8-13;3-2(4,5)1(6)7/h1-6,8,15-17H,7,9-12H2,(H,20,22);(H,6,7)/t15?,16-,17+;. The number of carboxylic acid groups (broad SMARTS) is 1. The number of rotatable bonds is 6. The molecule has 3 heterocycles. The van der Waals surface area contributed by atoms with Gasteiger partial charge in [0.1, 0.15) is 5.76 Å². The Morgan fingerprint density at radius 3 is 2.47 bits per heavy atom. The summed E-state index contributed by atoms with van der Waals surface area (Å²) in [6, 6.07) is 7.82. The fraction of sp³-hybridized carbons (Fsp3) is 0.450. The van der Waals surface area contributed by atoms with Crippen LogP contribution >= 0.6 is 0 Å². The lowest BCUT2D eigenvalue weighted by Gasteiger charge is -2.19. The number of halogens is 3. The van der Waals surface area contributed by atoms with Gasteiger partial charge in [-0.15, -0.1) is 0 Å². The first-order valence-electron chi connectivity index (χ1n) is 9.44. The highest BCUT2D eigenvalue weighted by Crippen LogP contribution is 2.53. The molecule has 1 saturated heterocycles. The Labute approximate surface area is 170 Å². The molecule has 162 valence electrons. The van der Waals surface area contributed by atoms with E-state index in [1.54, 1.807) is 6.26 Å². The first-order valence-corrected chi connectivity index (χ1v) is 9.44. The molecule has 1 aliphatic heterocycles. The third-order valence-electron chi connectivity index (χ3n) is 5.28. The van der Waals surface area contributed by atoms with Crippen molar-refractivity contribution in [2.45, 2.75) is 25.7 Å². The number of nitrogens with zero attached hydrogens (tertiary/aromatic N) is 2. The van der Waals surface area contributed by atoms with Gasteiger partial charge >= 0.3 is 12.1 Å². The van der Waals surface area contributed by atoms with Gasteiger partial charge in [0.2, 0.25) is 5.91 Å². The molecule has 1 saturated carbocycles. The fourth-order valence-electron chi connectivity index (χ4n) is 3.80. The summed E-state index contributed by atoms with van der Waals surface area (Å²) in [4.78, 5) is 27.6. The third-order valence-corrected chi connectivity index (χ3v) is 5.28. The topological polar surface area (TPSA) is 95.7 Å². The predicted octanol–water partition coefficient (Wildman–Crippen LogP) is 2.69. The van der Waals surface area contributed by atoms with Gasteiger partial charge in [0.05, 0.1) is 12.8 Å². The first-order chi connectivity index (χ1) is 14.2. The second-order valence-corrected chi connectivity index (χ2v) is 7.41. The van der Waals surface area contributed by atoms with Crippen LogP contribution < -0.4 is 5.32 Å². The van der Waals surface area contributed by atoms with Crippen molar-refractivity contribution in [1.82, 2.24) is 15.2 Å². The Kier molecular flexibility index (Phi) is 6.76. The molecule has 0 spiro atoms. The number of hydrogen-bond acceptors (Lipinski definition) is 5. The molecule has 2 aromatic heterocycles. The average Bonchev–Trinajstić information content (AvgIpc) is 3.11. The lowest BCUT2D eigenvalue weighted by Crippen LogP contribution is -2.27. The predicted molar refractivity (Wildman–Crippen MR) is 98.8 cm³/mol. The van der Waals surface area contributed by atoms with Crippen LogP contribution in [0.2, 0.25) is 0 Å². The molecular formula is C20H22F3N3O4. The van der Waals surface area contributed by atoms with Crippen LogP contribution in [0.25, 0.3) is 0 Å². The van der Waals surface area contributed by atoms with Crippen LogP contribution in [0.5, 0.6) is 0 Å². The van der Waals surface area contributed by atoms with Crippen LogP contribution in [-0.4, -0.2) is 46.1 Å². The summed E-state index contributed by atoms with van der Waals surface area (Å²) in [5, 5.41) is 10.1. The van der Waals surface area contributed by atoms with E-state index in [0.717, 1.165) is 25.4 Å². The average molecular weight is 425 g/mol. The van der Waals surface area contributed by atoms with Crippen molar-refractivity contribution in [3.63, 3.8) is 0 Å². The van der Waals surface area contributed by atoms with Crippen LogP contribution in [0.15, 0.2) is 47.3 Å². The number of nitrogens with one attached hydrogen (secondary N) is 1. The number of furan rings is 1. The highest BCUT2D eigenvalue weighted by Gasteiger charge is 2.55. The van der Waals surface area contributed by atoms with Gasteiger partial charge < -0.3 is 14.8 Å². The van der Waals surface area contributed by atoms with Crippen molar-refractivity contribution >= 4 is 11.9 Å². The molecule has 1 amide bonds. The van der Waals surface area contributed by atoms with E-state index in [9.17, 15) is 18.0 Å². The molecule has 1 aliphatic carbocycles. The van der Waals surface area contributed by atoms with Crippen molar-refractivity contribution in [1.29, 1.82) is 0 Å². The minimum Gasteiger partial charge on any atom is -0.475 e. The largest absolute Gasteiger partial charge is 0.490 e. The first kappa shape index (κ1) is 21.8. The summed E-state index contributed by atoms with van der Waals surface area (Å²) < 4.78 is 37.0. The molecule has 7 nitrogen and oxygen atoms in total. The maximum absolute atomic E-state index is 12.0. The number of hydrogen-bond donors (Lipinski definition) is 2. The van der Waals surface area contributed by atoms with Crippen molar-refractivity contribution in [3.05, 3.63) is 54.2 Å². The molecule has 0 aromatic carbocycles. The minimum absolute atomic E-state index is 0.139. The van der Waals surface area contributed by atoms with Gasteiger partial charge in [-0.1, -0.05) is 6.07 Å². The van der Waals surface area contributed by atoms with Gasteiger partial charge in [0.15, 0.2) is 0 Å². The third kappa shape index (κ3) is 6.06. The summed E-state index contributed by atoms with van der Waals surface area (Å²) in [6.07, 6.45) is 0.937. The minimum atomic E-state index is -5.08. The molecule has 2 N–H and O–H groups in total. The number of alkyl halides is 3. The fourth-order valence-corrected chi connectivity index (χ4v) is 3.80. The van der Waals surface area contributed by atoms with Gasteiger partial charge in [-0.2, -0.15) is 13.2 Å². The van der Waals surface area contributed by atoms with E-state index >= 15 is 0 Å². The van der Waals surface area contributed by atoms with Crippen molar-refractivity contribution in [2.24, 2.45) is 17.8 Å². The Hall–Kier alpha value is -2.88. The lowest BCUT2D eigenvalue weighted by atomic mass is 10.1. The van der Waals surface area contributed by atoms with E-state index in [4.69, 9.17) is 14.3 Å². The molecule has 30 heavy (non-hydrogen) atoms. The molecule has 10 heteroatoms. The molecule has 1 unspecified atom stereocenters. The normalized spacial score (nSPS) is 22.6. The summed E-state index contributed by atoms with van der Waals surface area (Å²) in [7, 11) is 0. The van der Waals surface area contributed by atoms with Crippen molar-refractivity contribution in [3.8, 4) is 0 Å². The smallest absolute Gasteiger partial charge is 0.475 e. The molecule has 2 aliphatic rings. The van der Waals surface area contributed by atoms with Crippen LogP contribution in [0.1, 0.15) is 17.7 Å². The Balaban J connectivity index is 0.000000318. The van der Waals surface area contributed by atoms with E-state index in [-0.39, 0.29) is 5.91 Å². The molecule has 0 radical (unpaired) electrons. The number of fused-ring (bicyclic) bond motifs is 1. The molecule has 2 fully saturated rings. The summed E-state index contributed by atoms with van der Waals surface area (Å²) in [6.45, 7) is 3.67. The van der Waals surface area contributed by atoms with E-state index in [0.29, 0.717) is 30.7 Å². The SMILES string of the molecule is O=C(CC1[C@H]2CN(Cc3cccnc3)C[C@@H]12)NCc1ccco1.O=C(O)C(F)(F)F. The van der Waals surface area contributed by atoms with E-state index in [1.165, 1.54) is 5.56 Å². The molecule has 3 atom stereocenters. The van der Waals surface area contributed by atoms with Crippen LogP contribution in [0, 0.1) is 17.8 Å². The quantitative estimate of drug-likeness (QED) is 0.739. The Morgan fingerprint density at radius 1 is 1.23 bits per heavy atom. The molecule has 0 bridgehead atoms. The monoisotopic (exact) mass is 425 g/mol. The second-order valence-electron chi connectivity index (χ2n) is 7.41. The maximum Gasteiger partial charge on any atom is 0.490 e. The number of pyridine rings is 1. The number of piperidine rings is 1. The van der Waals surface area contributed by atoms with Crippen molar-refractivity contribution in [2.75, 3.05) is 13.1 Å². The van der Waals surface area contributed by atoms with Crippen LogP contribution in [0.4, 0.5) is 13.2 Å². The number of carboxylic acids is 1. The highest BCUT2D eigenvalue weighted by atomic mass is 19.4. The van der Waals surface area contributed by atoms with Gasteiger partial charge in [0, 0.05) is 38.4 Å². The number of likely N-dealkylation sites (tertiary alicyclic amines) is 1. The van der Waals surface area contributed by atoms with Gasteiger partial charge in [0.25, 0.3) is 0 Å². The van der Waals surface area contributed by atoms with Gasteiger partial charge in [-0.25, -0.2) is 4.79 Å². The number of carbonyl (C=O) groups is 2. The maximum atomic E-state index is 12.0. The van der Waals surface area contributed by atoms with Crippen LogP contribution in [0.3, 0.4) is 0 Å². The van der Waals surface area contributed by atoms with Crippen LogP contribution in [-0.2, 0) is 22.7 Å². The van der Waals surface area contributed by atoms with Gasteiger partial charge in [-0.05, 0) is 41.5 Å². The second kappa shape index (κ2) is 9.29. The number of carbonyl (C=O) groups excluding carboxylic acids is 1. The number of aliphatic carboxylic acids is 1. The Bertz CT molecular complexity index is 831. The summed E-state index contributed by atoms with van der Waals surface area (Å²) in [5.41, 5.74) is 1.27. The number of amides is 1. The molecule has 2 aromatic rings. The lowest BCUT2D eigenvalue weighted by molar-refractivity contribution is -0.192. The summed E-state index contributed by atoms with van der Waals surface area (Å²) in [5.74, 6) is 0.142. The number of aromatic nitrogens is 1. The van der Waals surface area contributed by atoms with Gasteiger partial charge in [-0.3, -0.25) is 14.7 Å². The zero-order chi connectivity index (χ0) is 21.7. The molecule has 4 rings (SSSR count). The highest BCUT2D eigenvalue weighted by molar-refractivity contribution is 5.76. The summed E-state index contributed by atoms with van der Waals surface area (Å²) >= 11 is 0. The molecular weight excluding hydrogens is 403 g/mol. The zero-order valence-corrected chi connectivity index (χ0v) is 16.0. The van der Waals surface area contributed by atoms with E-state index in [2.05, 4.69) is 21.3 Å². The van der Waals surface area contributed by atoms with E-state index < -0.39 is 12.1 Å². The van der Waals surface area contributed by atoms with E-state index in [1.807, 2.05) is 30.6 Å². The zero-order valence-electron chi connectivity index (χ0n) is 16.0. The Morgan fingerprint density at radius 2 is 1.93 bits per heavy atom. The van der Waals surface area contributed by atoms with Crippen molar-refractivity contribution < 1.29 is 32.3 Å².